The lowest BCUT2D eigenvalue weighted by Crippen LogP contribution is -2.64. The Morgan fingerprint density at radius 3 is 1.71 bits per heavy atom. The van der Waals surface area contributed by atoms with Gasteiger partial charge in [-0.25, -0.2) is 13.2 Å². The highest BCUT2D eigenvalue weighted by atomic mass is 19.4. The summed E-state index contributed by atoms with van der Waals surface area (Å²) in [6.07, 6.45) is -4.05. The molecular formula is C13H13F11. The van der Waals surface area contributed by atoms with Gasteiger partial charge < -0.3 is 0 Å². The van der Waals surface area contributed by atoms with Crippen molar-refractivity contribution in [2.75, 3.05) is 0 Å². The molecule has 0 amide bonds. The molecule has 0 aliphatic rings. The van der Waals surface area contributed by atoms with Gasteiger partial charge in [0.25, 0.3) is 0 Å². The van der Waals surface area contributed by atoms with Gasteiger partial charge in [0.05, 0.1) is 0 Å². The predicted molar refractivity (Wildman–Crippen MR) is 63.6 cm³/mol. The zero-order valence-electron chi connectivity index (χ0n) is 11.9. The fourth-order valence-electron chi connectivity index (χ4n) is 1.48. The van der Waals surface area contributed by atoms with E-state index < -0.39 is 42.4 Å². The lowest BCUT2D eigenvalue weighted by atomic mass is 9.97. The third-order valence-corrected chi connectivity index (χ3v) is 2.97. The molecule has 0 aliphatic heterocycles. The zero-order valence-corrected chi connectivity index (χ0v) is 11.9. The Morgan fingerprint density at radius 2 is 1.29 bits per heavy atom. The number of unbranched alkanes of at least 4 members (excludes halogenated alkanes) is 3. The van der Waals surface area contributed by atoms with Crippen LogP contribution in [0.2, 0.25) is 0 Å². The number of hydrogen-bond acceptors (Lipinski definition) is 0. The van der Waals surface area contributed by atoms with Crippen LogP contribution in [0.5, 0.6) is 0 Å². The van der Waals surface area contributed by atoms with Crippen LogP contribution in [0.3, 0.4) is 0 Å². The summed E-state index contributed by atoms with van der Waals surface area (Å²) in [6.45, 7) is 3.30. The van der Waals surface area contributed by atoms with Crippen LogP contribution in [0.25, 0.3) is 0 Å². The second-order valence-corrected chi connectivity index (χ2v) is 4.77. The molecule has 0 aromatic carbocycles. The summed E-state index contributed by atoms with van der Waals surface area (Å²) in [7, 11) is 0. The van der Waals surface area contributed by atoms with E-state index in [9.17, 15) is 48.3 Å². The molecule has 0 atom stereocenters. The molecular weight excluding hydrogens is 365 g/mol. The second kappa shape index (κ2) is 7.73. The Kier molecular flexibility index (Phi) is 7.31. The Balaban J connectivity index is 5.49. The summed E-state index contributed by atoms with van der Waals surface area (Å²) in [5.74, 6) is -30.6. The van der Waals surface area contributed by atoms with Gasteiger partial charge in [-0.1, -0.05) is 6.08 Å². The number of hydrogen-bond donors (Lipinski definition) is 0. The van der Waals surface area contributed by atoms with E-state index in [2.05, 4.69) is 6.58 Å². The molecule has 0 unspecified atom stereocenters. The van der Waals surface area contributed by atoms with Crippen LogP contribution >= 0.6 is 0 Å². The van der Waals surface area contributed by atoms with Gasteiger partial charge in [-0.3, -0.25) is 0 Å². The fraction of sp³-hybridized carbons (Fsp3) is 0.692. The molecule has 0 rings (SSSR count). The second-order valence-electron chi connectivity index (χ2n) is 4.77. The molecule has 0 heterocycles. The lowest BCUT2D eigenvalue weighted by Gasteiger charge is -2.35. The SMILES string of the molecule is C=CCCCCC=C(F)C(F)(F)C(F)(F)C(F)(F)C(F)(F)C(F)F. The minimum absolute atomic E-state index is 0.00925. The van der Waals surface area contributed by atoms with Gasteiger partial charge in [0.15, 0.2) is 5.83 Å². The average Bonchev–Trinajstić information content (AvgIpc) is 2.45. The van der Waals surface area contributed by atoms with Crippen molar-refractivity contribution in [3.63, 3.8) is 0 Å². The Morgan fingerprint density at radius 1 is 0.833 bits per heavy atom. The van der Waals surface area contributed by atoms with Gasteiger partial charge in [-0.05, 0) is 31.8 Å². The van der Waals surface area contributed by atoms with Gasteiger partial charge >= 0.3 is 30.1 Å². The van der Waals surface area contributed by atoms with E-state index in [1.54, 1.807) is 0 Å². The largest absolute Gasteiger partial charge is 0.385 e. The van der Waals surface area contributed by atoms with Gasteiger partial charge in [0.2, 0.25) is 0 Å². The van der Waals surface area contributed by atoms with Crippen LogP contribution in [0.15, 0.2) is 24.6 Å². The van der Waals surface area contributed by atoms with E-state index in [4.69, 9.17) is 0 Å². The van der Waals surface area contributed by atoms with Crippen LogP contribution in [-0.4, -0.2) is 30.1 Å². The zero-order chi connectivity index (χ0) is 19.4. The van der Waals surface area contributed by atoms with E-state index in [1.165, 1.54) is 6.08 Å². The number of halogens is 11. The van der Waals surface area contributed by atoms with E-state index in [-0.39, 0.29) is 18.9 Å². The molecule has 0 fully saturated rings. The van der Waals surface area contributed by atoms with Crippen molar-refractivity contribution >= 4 is 0 Å². The number of alkyl halides is 10. The van der Waals surface area contributed by atoms with Crippen molar-refractivity contribution in [2.24, 2.45) is 0 Å². The van der Waals surface area contributed by atoms with E-state index >= 15 is 0 Å². The van der Waals surface area contributed by atoms with E-state index in [0.29, 0.717) is 6.42 Å². The third-order valence-electron chi connectivity index (χ3n) is 2.97. The van der Waals surface area contributed by atoms with Crippen molar-refractivity contribution in [1.29, 1.82) is 0 Å². The van der Waals surface area contributed by atoms with Crippen LogP contribution in [-0.2, 0) is 0 Å². The maximum absolute atomic E-state index is 13.2. The molecule has 0 aliphatic carbocycles. The van der Waals surface area contributed by atoms with Crippen LogP contribution < -0.4 is 0 Å². The first-order chi connectivity index (χ1) is 10.7. The normalized spacial score (nSPS) is 15.1. The van der Waals surface area contributed by atoms with Crippen molar-refractivity contribution in [3.05, 3.63) is 24.6 Å². The van der Waals surface area contributed by atoms with Crippen LogP contribution in [0.4, 0.5) is 48.3 Å². The minimum atomic E-state index is -7.19. The molecule has 0 aromatic heterocycles. The molecule has 0 bridgehead atoms. The molecule has 0 N–H and O–H groups in total. The van der Waals surface area contributed by atoms with Gasteiger partial charge in [-0.2, -0.15) is 35.1 Å². The highest BCUT2D eigenvalue weighted by molar-refractivity contribution is 5.16. The minimum Gasteiger partial charge on any atom is -0.205 e. The summed E-state index contributed by atoms with van der Waals surface area (Å²) < 4.78 is 140. The molecule has 0 nitrogen and oxygen atoms in total. The monoisotopic (exact) mass is 378 g/mol. The topological polar surface area (TPSA) is 0 Å². The van der Waals surface area contributed by atoms with Crippen molar-refractivity contribution in [1.82, 2.24) is 0 Å². The summed E-state index contributed by atoms with van der Waals surface area (Å²) in [5.41, 5.74) is 0. The van der Waals surface area contributed by atoms with Crippen molar-refractivity contribution < 1.29 is 48.3 Å². The van der Waals surface area contributed by atoms with Crippen molar-refractivity contribution in [2.45, 2.75) is 55.8 Å². The fourth-order valence-corrected chi connectivity index (χ4v) is 1.48. The van der Waals surface area contributed by atoms with Crippen molar-refractivity contribution in [3.8, 4) is 0 Å². The summed E-state index contributed by atoms with van der Waals surface area (Å²) in [4.78, 5) is 0. The molecule has 11 heteroatoms. The Labute approximate surface area is 130 Å². The summed E-state index contributed by atoms with van der Waals surface area (Å²) >= 11 is 0. The predicted octanol–water partition coefficient (Wildman–Crippen LogP) is 6.39. The third kappa shape index (κ3) is 4.02. The molecule has 0 spiro atoms. The smallest absolute Gasteiger partial charge is 0.205 e. The maximum Gasteiger partial charge on any atom is 0.385 e. The standard InChI is InChI=1S/C13H13F11/c1-2-3-4-5-6-7-8(14)10(17,18)12(21,22)13(23,24)11(19,20)9(15)16/h2,7,9H,1,3-6H2. The van der Waals surface area contributed by atoms with Gasteiger partial charge in [0.1, 0.15) is 0 Å². The molecule has 24 heavy (non-hydrogen) atoms. The van der Waals surface area contributed by atoms with E-state index in [1.807, 2.05) is 0 Å². The van der Waals surface area contributed by atoms with Gasteiger partial charge in [0, 0.05) is 0 Å². The molecule has 0 radical (unpaired) electrons. The highest BCUT2D eigenvalue weighted by Crippen LogP contribution is 2.56. The van der Waals surface area contributed by atoms with Gasteiger partial charge in [-0.15, -0.1) is 6.58 Å². The first kappa shape index (κ1) is 22.7. The molecule has 0 saturated carbocycles. The van der Waals surface area contributed by atoms with Crippen LogP contribution in [0.1, 0.15) is 25.7 Å². The average molecular weight is 378 g/mol. The molecule has 0 aromatic rings. The summed E-state index contributed by atoms with van der Waals surface area (Å²) in [6, 6.07) is 0. The molecule has 0 saturated heterocycles. The van der Waals surface area contributed by atoms with Crippen LogP contribution in [0, 0.1) is 0 Å². The lowest BCUT2D eigenvalue weighted by molar-refractivity contribution is -0.378. The first-order valence-electron chi connectivity index (χ1n) is 6.44. The first-order valence-corrected chi connectivity index (χ1v) is 6.44. The summed E-state index contributed by atoms with van der Waals surface area (Å²) in [5, 5.41) is 0. The number of rotatable bonds is 10. The maximum atomic E-state index is 13.2. The molecule has 142 valence electrons. The quantitative estimate of drug-likeness (QED) is 0.235. The number of allylic oxidation sites excluding steroid dienone is 3. The van der Waals surface area contributed by atoms with E-state index in [0.717, 1.165) is 0 Å². The Hall–Kier alpha value is -1.29. The Bertz CT molecular complexity index is 451. The highest BCUT2D eigenvalue weighted by Gasteiger charge is 2.83.